The van der Waals surface area contributed by atoms with E-state index in [1.54, 1.807) is 0 Å². The van der Waals surface area contributed by atoms with Crippen LogP contribution < -0.4 is 4.90 Å². The summed E-state index contributed by atoms with van der Waals surface area (Å²) in [4.78, 5) is 12.7. The molecule has 0 N–H and O–H groups in total. The topological polar surface area (TPSA) is 34.0 Å². The monoisotopic (exact) mass is 766 g/mol. The Balaban J connectivity index is 1.02. The Morgan fingerprint density at radius 3 is 1.48 bits per heavy atom. The summed E-state index contributed by atoms with van der Waals surface area (Å²) in [5, 5.41) is 2.48. The van der Waals surface area contributed by atoms with Gasteiger partial charge in [-0.15, -0.1) is 0 Å². The highest BCUT2D eigenvalue weighted by Gasteiger charge is 2.20. The van der Waals surface area contributed by atoms with Gasteiger partial charge in [-0.05, 0) is 89.5 Å². The van der Waals surface area contributed by atoms with E-state index in [-0.39, 0.29) is 0 Å². The summed E-state index contributed by atoms with van der Waals surface area (Å²) in [6, 6.07) is 81.6. The molecule has 0 saturated carbocycles. The molecule has 0 radical (unpaired) electrons. The molecule has 9 aromatic carbocycles. The van der Waals surface area contributed by atoms with E-state index in [2.05, 4.69) is 210 Å². The number of nitrogens with zero attached hydrogens (tertiary/aromatic N) is 4. The summed E-state index contributed by atoms with van der Waals surface area (Å²) < 4.78 is 2.36. The van der Waals surface area contributed by atoms with Crippen LogP contribution in [0, 0.1) is 0 Å². The van der Waals surface area contributed by atoms with Gasteiger partial charge in [-0.25, -0.2) is 9.97 Å². The van der Waals surface area contributed by atoms with Gasteiger partial charge in [0.25, 0.3) is 0 Å². The second kappa shape index (κ2) is 15.0. The number of aromatic nitrogens is 3. The zero-order valence-electron chi connectivity index (χ0n) is 32.7. The molecule has 0 atom stereocenters. The number of anilines is 3. The highest BCUT2D eigenvalue weighted by molar-refractivity contribution is 6.10. The van der Waals surface area contributed by atoms with Crippen LogP contribution in [-0.2, 0) is 0 Å². The summed E-state index contributed by atoms with van der Waals surface area (Å²) in [6.07, 6.45) is 0. The van der Waals surface area contributed by atoms with Crippen LogP contribution in [0.15, 0.2) is 231 Å². The summed E-state index contributed by atoms with van der Waals surface area (Å²) >= 11 is 0. The Labute approximate surface area is 348 Å². The third-order valence-corrected chi connectivity index (χ3v) is 11.4. The Morgan fingerprint density at radius 1 is 0.333 bits per heavy atom. The molecule has 0 aliphatic rings. The maximum Gasteiger partial charge on any atom is 0.0973 e. The van der Waals surface area contributed by atoms with Gasteiger partial charge in [-0.2, -0.15) is 0 Å². The van der Waals surface area contributed by atoms with Crippen LogP contribution in [0.4, 0.5) is 17.1 Å². The van der Waals surface area contributed by atoms with Crippen molar-refractivity contribution in [3.05, 3.63) is 231 Å². The summed E-state index contributed by atoms with van der Waals surface area (Å²) in [5.74, 6) is 0. The molecule has 4 heteroatoms. The molecule has 0 bridgehead atoms. The van der Waals surface area contributed by atoms with E-state index in [9.17, 15) is 0 Å². The number of hydrogen-bond donors (Lipinski definition) is 0. The van der Waals surface area contributed by atoms with Crippen LogP contribution in [0.2, 0.25) is 0 Å². The smallest absolute Gasteiger partial charge is 0.0973 e. The first kappa shape index (κ1) is 35.1. The second-order valence-electron chi connectivity index (χ2n) is 15.0. The summed E-state index contributed by atoms with van der Waals surface area (Å²) in [6.45, 7) is 0. The van der Waals surface area contributed by atoms with E-state index in [1.807, 2.05) is 30.3 Å². The number of hydrogen-bond acceptors (Lipinski definition) is 3. The van der Waals surface area contributed by atoms with Crippen molar-refractivity contribution in [3.63, 3.8) is 0 Å². The first-order valence-corrected chi connectivity index (χ1v) is 20.3. The fraction of sp³-hybridized carbons (Fsp3) is 0. The van der Waals surface area contributed by atoms with Gasteiger partial charge < -0.3 is 9.47 Å². The molecule has 0 saturated heterocycles. The zero-order chi connectivity index (χ0) is 39.8. The molecule has 2 heterocycles. The number of benzene rings is 9. The van der Waals surface area contributed by atoms with E-state index in [0.717, 1.165) is 73.0 Å². The van der Waals surface area contributed by atoms with Gasteiger partial charge in [-0.3, -0.25) is 0 Å². The lowest BCUT2D eigenvalue weighted by Crippen LogP contribution is -2.11. The molecule has 0 aliphatic heterocycles. The lowest BCUT2D eigenvalue weighted by atomic mass is 9.99. The van der Waals surface area contributed by atoms with E-state index >= 15 is 0 Å². The van der Waals surface area contributed by atoms with Gasteiger partial charge in [0, 0.05) is 44.5 Å². The van der Waals surface area contributed by atoms with Gasteiger partial charge in [0.2, 0.25) is 0 Å². The predicted molar refractivity (Wildman–Crippen MR) is 250 cm³/mol. The Hall–Kier alpha value is -8.08. The zero-order valence-corrected chi connectivity index (χ0v) is 32.7. The Bertz CT molecular complexity index is 3280. The van der Waals surface area contributed by atoms with Gasteiger partial charge in [0.15, 0.2) is 0 Å². The van der Waals surface area contributed by atoms with Crippen LogP contribution in [0.3, 0.4) is 0 Å². The average molecular weight is 767 g/mol. The van der Waals surface area contributed by atoms with Gasteiger partial charge in [0.05, 0.1) is 39.1 Å². The van der Waals surface area contributed by atoms with Crippen molar-refractivity contribution in [1.29, 1.82) is 0 Å². The Morgan fingerprint density at radius 2 is 0.817 bits per heavy atom. The number of fused-ring (bicyclic) bond motifs is 4. The minimum Gasteiger partial charge on any atom is -0.310 e. The summed E-state index contributed by atoms with van der Waals surface area (Å²) in [7, 11) is 0. The summed E-state index contributed by atoms with van der Waals surface area (Å²) in [5.41, 5.74) is 16.9. The normalized spacial score (nSPS) is 11.3. The van der Waals surface area contributed by atoms with E-state index in [0.29, 0.717) is 0 Å². The van der Waals surface area contributed by atoms with Crippen molar-refractivity contribution < 1.29 is 0 Å². The van der Waals surface area contributed by atoms with Crippen LogP contribution in [-0.4, -0.2) is 14.5 Å². The average Bonchev–Trinajstić information content (AvgIpc) is 3.66. The van der Waals surface area contributed by atoms with Gasteiger partial charge >= 0.3 is 0 Å². The highest BCUT2D eigenvalue weighted by Crippen LogP contribution is 2.43. The van der Waals surface area contributed by atoms with E-state index in [1.165, 1.54) is 27.4 Å². The SMILES string of the molecule is c1ccc(-c2ccccc2N(c2ccc(-c3ccc4c(c3)c3ccccc3n4-c3ccccc3)cc2)c2ccc(-c3nc4ccccc4nc3-c3ccccc3)cc2)cc1. The molecule has 11 rings (SSSR count). The van der Waals surface area contributed by atoms with Crippen LogP contribution >= 0.6 is 0 Å². The van der Waals surface area contributed by atoms with Crippen molar-refractivity contribution >= 4 is 49.9 Å². The third kappa shape index (κ3) is 6.28. The first-order chi connectivity index (χ1) is 29.8. The molecule has 0 unspecified atom stereocenters. The Kier molecular flexibility index (Phi) is 8.79. The number of rotatable bonds is 8. The van der Waals surface area contributed by atoms with Crippen molar-refractivity contribution in [3.8, 4) is 50.5 Å². The van der Waals surface area contributed by atoms with Gasteiger partial charge in [0.1, 0.15) is 0 Å². The third-order valence-electron chi connectivity index (χ3n) is 11.4. The van der Waals surface area contributed by atoms with Crippen molar-refractivity contribution in [2.24, 2.45) is 0 Å². The minimum absolute atomic E-state index is 0.857. The molecule has 0 aliphatic carbocycles. The van der Waals surface area contributed by atoms with E-state index < -0.39 is 0 Å². The number of para-hydroxylation sites is 5. The molecule has 11 aromatic rings. The maximum absolute atomic E-state index is 5.18. The predicted octanol–water partition coefficient (Wildman–Crippen LogP) is 14.9. The molecule has 60 heavy (non-hydrogen) atoms. The van der Waals surface area contributed by atoms with Crippen LogP contribution in [0.5, 0.6) is 0 Å². The molecule has 282 valence electrons. The molecular weight excluding hydrogens is 729 g/mol. The molecule has 0 spiro atoms. The molecule has 0 fully saturated rings. The van der Waals surface area contributed by atoms with E-state index in [4.69, 9.17) is 9.97 Å². The van der Waals surface area contributed by atoms with Crippen molar-refractivity contribution in [2.75, 3.05) is 4.90 Å². The largest absolute Gasteiger partial charge is 0.310 e. The fourth-order valence-electron chi connectivity index (χ4n) is 8.54. The van der Waals surface area contributed by atoms with Gasteiger partial charge in [-0.1, -0.05) is 158 Å². The van der Waals surface area contributed by atoms with Crippen LogP contribution in [0.25, 0.3) is 83.3 Å². The molecular formula is C56H38N4. The second-order valence-corrected chi connectivity index (χ2v) is 15.0. The lowest BCUT2D eigenvalue weighted by Gasteiger charge is -2.28. The van der Waals surface area contributed by atoms with Crippen LogP contribution in [0.1, 0.15) is 0 Å². The highest BCUT2D eigenvalue weighted by atomic mass is 15.1. The molecule has 0 amide bonds. The first-order valence-electron chi connectivity index (χ1n) is 20.3. The molecule has 2 aromatic heterocycles. The van der Waals surface area contributed by atoms with Crippen molar-refractivity contribution in [1.82, 2.24) is 14.5 Å². The fourth-order valence-corrected chi connectivity index (χ4v) is 8.54. The van der Waals surface area contributed by atoms with Crippen molar-refractivity contribution in [2.45, 2.75) is 0 Å². The standard InChI is InChI=1S/C56H38N4/c1-4-16-40(17-5-1)47-22-10-14-26-52(47)59(46-35-30-42(31-36-46)56-55(41-18-6-2-7-19-41)57-50-24-12-13-25-51(50)58-56)45-33-28-39(29-34-45)43-32-37-54-49(38-43)48-23-11-15-27-53(48)60(54)44-20-8-3-9-21-44/h1-38H. The molecule has 4 nitrogen and oxygen atoms in total. The lowest BCUT2D eigenvalue weighted by molar-refractivity contribution is 1.18. The minimum atomic E-state index is 0.857. The maximum atomic E-state index is 5.18. The quantitative estimate of drug-likeness (QED) is 0.154.